The van der Waals surface area contributed by atoms with Crippen molar-refractivity contribution in [2.24, 2.45) is 11.8 Å². The summed E-state index contributed by atoms with van der Waals surface area (Å²) in [6.07, 6.45) is 3.67. The third kappa shape index (κ3) is 2.82. The molecule has 2 fully saturated rings. The summed E-state index contributed by atoms with van der Waals surface area (Å²) in [5.41, 5.74) is 1.10. The molecule has 0 aromatic heterocycles. The summed E-state index contributed by atoms with van der Waals surface area (Å²) in [6.45, 7) is 3.70. The van der Waals surface area contributed by atoms with E-state index >= 15 is 0 Å². The average molecular weight is 400 g/mol. The minimum Gasteiger partial charge on any atom is -0.508 e. The number of piperidine rings is 1. The number of hydrogen-bond donors (Lipinski definition) is 2. The van der Waals surface area contributed by atoms with Gasteiger partial charge in [0, 0.05) is 23.8 Å². The van der Waals surface area contributed by atoms with E-state index in [1.54, 1.807) is 12.1 Å². The molecular formula is C22H28N2O5. The van der Waals surface area contributed by atoms with Crippen LogP contribution < -0.4 is 5.32 Å². The van der Waals surface area contributed by atoms with E-state index in [1.165, 1.54) is 20.5 Å². The molecule has 3 aliphatic heterocycles. The normalized spacial score (nSPS) is 31.3. The van der Waals surface area contributed by atoms with Gasteiger partial charge in [-0.1, -0.05) is 19.4 Å². The molecule has 0 saturated carbocycles. The van der Waals surface area contributed by atoms with E-state index in [-0.39, 0.29) is 29.5 Å². The number of fused-ring (bicyclic) bond motifs is 4. The number of benzene rings is 1. The number of esters is 1. The number of methoxy groups -OCH3 is 2. The van der Waals surface area contributed by atoms with E-state index in [2.05, 4.69) is 17.1 Å². The summed E-state index contributed by atoms with van der Waals surface area (Å²) in [5.74, 6) is -0.125. The number of phenolic OH excluding ortho intramolecular Hbond substituents is 1. The summed E-state index contributed by atoms with van der Waals surface area (Å²) in [5, 5.41) is 13.6. The van der Waals surface area contributed by atoms with Gasteiger partial charge in [-0.25, -0.2) is 4.79 Å². The lowest BCUT2D eigenvalue weighted by Gasteiger charge is -2.45. The van der Waals surface area contributed by atoms with Crippen LogP contribution >= 0.6 is 0 Å². The third-order valence-electron chi connectivity index (χ3n) is 7.05. The molecule has 1 amide bonds. The van der Waals surface area contributed by atoms with Crippen molar-refractivity contribution in [2.75, 3.05) is 32.6 Å². The lowest BCUT2D eigenvalue weighted by atomic mass is 9.67. The molecule has 1 spiro atoms. The topological polar surface area (TPSA) is 88.1 Å². The van der Waals surface area contributed by atoms with Crippen molar-refractivity contribution in [1.29, 1.82) is 0 Å². The summed E-state index contributed by atoms with van der Waals surface area (Å²) >= 11 is 0. The molecule has 156 valence electrons. The van der Waals surface area contributed by atoms with Crippen LogP contribution in [-0.2, 0) is 24.5 Å². The van der Waals surface area contributed by atoms with E-state index in [0.29, 0.717) is 29.7 Å². The summed E-state index contributed by atoms with van der Waals surface area (Å²) in [7, 11) is 2.90. The van der Waals surface area contributed by atoms with Crippen LogP contribution in [0, 0.1) is 11.8 Å². The van der Waals surface area contributed by atoms with Crippen molar-refractivity contribution < 1.29 is 24.2 Å². The maximum Gasteiger partial charge on any atom is 0.337 e. The fourth-order valence-corrected chi connectivity index (χ4v) is 5.73. The van der Waals surface area contributed by atoms with E-state index in [0.717, 1.165) is 19.5 Å². The van der Waals surface area contributed by atoms with Gasteiger partial charge in [-0.3, -0.25) is 9.69 Å². The molecule has 1 unspecified atom stereocenters. The number of amides is 1. The summed E-state index contributed by atoms with van der Waals surface area (Å²) in [4.78, 5) is 28.1. The first-order valence-corrected chi connectivity index (χ1v) is 10.2. The lowest BCUT2D eigenvalue weighted by molar-refractivity contribution is -0.137. The van der Waals surface area contributed by atoms with Gasteiger partial charge in [-0.05, 0) is 43.4 Å². The molecule has 7 heteroatoms. The number of carbonyl (C=O) groups excluding carboxylic acids is 2. The van der Waals surface area contributed by atoms with E-state index < -0.39 is 11.4 Å². The Hall–Kier alpha value is -2.54. The molecule has 2 N–H and O–H groups in total. The highest BCUT2D eigenvalue weighted by Crippen LogP contribution is 2.55. The Balaban J connectivity index is 1.77. The van der Waals surface area contributed by atoms with Crippen molar-refractivity contribution in [2.45, 2.75) is 37.6 Å². The van der Waals surface area contributed by atoms with Crippen LogP contribution in [0.5, 0.6) is 5.75 Å². The quantitative estimate of drug-likeness (QED) is 0.458. The van der Waals surface area contributed by atoms with Gasteiger partial charge in [0.1, 0.15) is 5.75 Å². The van der Waals surface area contributed by atoms with Crippen molar-refractivity contribution in [1.82, 2.24) is 4.90 Å². The zero-order valence-electron chi connectivity index (χ0n) is 17.1. The average Bonchev–Trinajstić information content (AvgIpc) is 3.24. The van der Waals surface area contributed by atoms with E-state index in [1.807, 2.05) is 6.07 Å². The molecule has 4 rings (SSSR count). The number of nitrogens with one attached hydrogen (secondary N) is 1. The fourth-order valence-electron chi connectivity index (χ4n) is 5.73. The molecule has 4 atom stereocenters. The molecule has 3 heterocycles. The zero-order valence-corrected chi connectivity index (χ0v) is 17.1. The summed E-state index contributed by atoms with van der Waals surface area (Å²) < 4.78 is 10.2. The fraction of sp³-hybridized carbons (Fsp3) is 0.545. The first-order chi connectivity index (χ1) is 14.0. The minimum absolute atomic E-state index is 0.0643. The van der Waals surface area contributed by atoms with Gasteiger partial charge in [0.2, 0.25) is 5.91 Å². The van der Waals surface area contributed by atoms with Crippen LogP contribution in [0.2, 0.25) is 0 Å². The van der Waals surface area contributed by atoms with Gasteiger partial charge in [0.15, 0.2) is 0 Å². The van der Waals surface area contributed by atoms with Gasteiger partial charge >= 0.3 is 5.97 Å². The van der Waals surface area contributed by atoms with Crippen LogP contribution in [0.1, 0.15) is 31.7 Å². The monoisotopic (exact) mass is 400 g/mol. The molecule has 1 aromatic carbocycles. The Morgan fingerprint density at radius 3 is 2.90 bits per heavy atom. The number of rotatable bonds is 4. The molecular weight excluding hydrogens is 372 g/mol. The maximum absolute atomic E-state index is 13.2. The van der Waals surface area contributed by atoms with Crippen molar-refractivity contribution in [3.8, 4) is 5.75 Å². The molecule has 29 heavy (non-hydrogen) atoms. The Morgan fingerprint density at radius 1 is 1.41 bits per heavy atom. The number of carbonyl (C=O) groups is 2. The molecule has 3 aliphatic rings. The Bertz CT molecular complexity index is 867. The van der Waals surface area contributed by atoms with Crippen molar-refractivity contribution in [3.63, 3.8) is 0 Å². The second kappa shape index (κ2) is 7.37. The van der Waals surface area contributed by atoms with E-state index in [9.17, 15) is 14.7 Å². The number of ether oxygens (including phenoxy) is 2. The second-order valence-corrected chi connectivity index (χ2v) is 8.20. The van der Waals surface area contributed by atoms with Crippen LogP contribution in [0.25, 0.3) is 0 Å². The predicted molar refractivity (Wildman–Crippen MR) is 107 cm³/mol. The number of phenols is 1. The first kappa shape index (κ1) is 19.8. The van der Waals surface area contributed by atoms with Crippen molar-refractivity contribution >= 4 is 17.6 Å². The standard InChI is InChI=1S/C22H28N2O5/c1-4-13-11-24-9-8-22(19-16(23-21(22)27)6-5-7-17(19)25)18(24)10-14(13)15(12-28-2)20(26)29-3/h5-7,12-14,18,25H,4,8-11H2,1-3H3,(H,23,27)/b15-12+/t13?,14-,18-,22+/m0/s1. The predicted octanol–water partition coefficient (Wildman–Crippen LogP) is 2.41. The zero-order chi connectivity index (χ0) is 20.8. The van der Waals surface area contributed by atoms with Gasteiger partial charge in [-0.15, -0.1) is 0 Å². The maximum atomic E-state index is 13.2. The number of hydrogen-bond acceptors (Lipinski definition) is 6. The Morgan fingerprint density at radius 2 is 2.21 bits per heavy atom. The van der Waals surface area contributed by atoms with Gasteiger partial charge in [0.25, 0.3) is 0 Å². The van der Waals surface area contributed by atoms with Crippen LogP contribution in [0.3, 0.4) is 0 Å². The smallest absolute Gasteiger partial charge is 0.337 e. The Labute approximate surface area is 170 Å². The molecule has 0 bridgehead atoms. The largest absolute Gasteiger partial charge is 0.508 e. The highest BCUT2D eigenvalue weighted by Gasteiger charge is 2.61. The number of nitrogens with zero attached hydrogens (tertiary/aromatic N) is 1. The number of anilines is 1. The second-order valence-electron chi connectivity index (χ2n) is 8.20. The lowest BCUT2D eigenvalue weighted by Crippen LogP contribution is -2.53. The summed E-state index contributed by atoms with van der Waals surface area (Å²) in [6, 6.07) is 5.12. The van der Waals surface area contributed by atoms with Crippen molar-refractivity contribution in [3.05, 3.63) is 35.6 Å². The van der Waals surface area contributed by atoms with Crippen LogP contribution in [0.4, 0.5) is 5.69 Å². The van der Waals surface area contributed by atoms with Gasteiger partial charge in [0.05, 0.1) is 31.5 Å². The molecule has 2 saturated heterocycles. The van der Waals surface area contributed by atoms with Gasteiger partial charge in [-0.2, -0.15) is 0 Å². The first-order valence-electron chi connectivity index (χ1n) is 10.2. The molecule has 0 aliphatic carbocycles. The molecule has 0 radical (unpaired) electrons. The Kier molecular flexibility index (Phi) is 5.02. The van der Waals surface area contributed by atoms with Crippen LogP contribution in [-0.4, -0.2) is 55.2 Å². The molecule has 7 nitrogen and oxygen atoms in total. The van der Waals surface area contributed by atoms with E-state index in [4.69, 9.17) is 9.47 Å². The molecule has 1 aromatic rings. The highest BCUT2D eigenvalue weighted by molar-refractivity contribution is 6.08. The van der Waals surface area contributed by atoms with Crippen LogP contribution in [0.15, 0.2) is 30.0 Å². The minimum atomic E-state index is -0.800. The third-order valence-corrected chi connectivity index (χ3v) is 7.05. The highest BCUT2D eigenvalue weighted by atomic mass is 16.5. The number of aromatic hydroxyl groups is 1. The SMILES string of the molecule is CCC1CN2CC[C@@]3(C(=O)Nc4cccc(O)c43)[C@@H]2C[C@@H]1/C(=C\OC)C(=O)OC. The van der Waals surface area contributed by atoms with Gasteiger partial charge < -0.3 is 19.9 Å².